The lowest BCUT2D eigenvalue weighted by Gasteiger charge is -2.16. The zero-order valence-electron chi connectivity index (χ0n) is 17.5. The van der Waals surface area contributed by atoms with Gasteiger partial charge in [0.25, 0.3) is 5.91 Å². The average molecular weight is 442 g/mol. The molecule has 0 atom stereocenters. The first kappa shape index (κ1) is 20.9. The molecule has 1 aliphatic rings. The molecule has 1 amide bonds. The molecule has 2 heterocycles. The fourth-order valence-corrected chi connectivity index (χ4v) is 3.97. The quantitative estimate of drug-likeness (QED) is 0.646. The Kier molecular flexibility index (Phi) is 4.97. The summed E-state index contributed by atoms with van der Waals surface area (Å²) < 4.78 is 35.4. The zero-order valence-corrected chi connectivity index (χ0v) is 18.4. The van der Waals surface area contributed by atoms with E-state index in [0.29, 0.717) is 35.1 Å². The summed E-state index contributed by atoms with van der Waals surface area (Å²) in [5.41, 5.74) is 0.735. The summed E-state index contributed by atoms with van der Waals surface area (Å²) in [6.45, 7) is 3.91. The second-order valence-electron chi connectivity index (χ2n) is 8.01. The summed E-state index contributed by atoms with van der Waals surface area (Å²) in [6.07, 6.45) is 3.20. The maximum absolute atomic E-state index is 12.8. The van der Waals surface area contributed by atoms with Crippen LogP contribution in [0.1, 0.15) is 29.8 Å². The van der Waals surface area contributed by atoms with Gasteiger partial charge < -0.3 is 14.8 Å². The first-order valence-electron chi connectivity index (χ1n) is 9.52. The fourth-order valence-electron chi connectivity index (χ4n) is 3.34. The predicted octanol–water partition coefficient (Wildman–Crippen LogP) is 2.98. The van der Waals surface area contributed by atoms with Gasteiger partial charge in [0.2, 0.25) is 0 Å². The van der Waals surface area contributed by atoms with E-state index in [0.717, 1.165) is 11.8 Å². The van der Waals surface area contributed by atoms with Crippen molar-refractivity contribution < 1.29 is 22.7 Å². The van der Waals surface area contributed by atoms with Crippen LogP contribution in [-0.2, 0) is 23.3 Å². The number of hydrogen-bond donors (Lipinski definition) is 1. The molecule has 0 spiro atoms. The molecular weight excluding hydrogens is 420 g/mol. The Morgan fingerprint density at radius 3 is 2.55 bits per heavy atom. The Labute approximate surface area is 179 Å². The predicted molar refractivity (Wildman–Crippen MR) is 113 cm³/mol. The van der Waals surface area contributed by atoms with Crippen LogP contribution in [0, 0.1) is 0 Å². The van der Waals surface area contributed by atoms with E-state index in [1.165, 1.54) is 23.1 Å². The van der Waals surface area contributed by atoms with Crippen LogP contribution in [0.3, 0.4) is 0 Å². The molecular formula is C21H22N4O5S. The van der Waals surface area contributed by atoms with Gasteiger partial charge >= 0.3 is 0 Å². The monoisotopic (exact) mass is 442 g/mol. The summed E-state index contributed by atoms with van der Waals surface area (Å²) in [7, 11) is -1.65. The number of ether oxygens (including phenoxy) is 2. The Hall–Kier alpha value is -3.40. The van der Waals surface area contributed by atoms with Gasteiger partial charge in [-0.15, -0.1) is 5.10 Å². The fraction of sp³-hybridized carbons (Fsp3) is 0.286. The third kappa shape index (κ3) is 4.53. The van der Waals surface area contributed by atoms with Crippen molar-refractivity contribution in [1.82, 2.24) is 15.0 Å². The molecule has 1 aromatic heterocycles. The lowest BCUT2D eigenvalue weighted by molar-refractivity contribution is 0.102. The summed E-state index contributed by atoms with van der Waals surface area (Å²) in [4.78, 5) is 14.3. The van der Waals surface area contributed by atoms with Crippen molar-refractivity contribution >= 4 is 21.6 Å². The summed E-state index contributed by atoms with van der Waals surface area (Å²) >= 11 is 0. The second-order valence-corrected chi connectivity index (χ2v) is 10.0. The molecule has 3 aromatic rings. The highest BCUT2D eigenvalue weighted by Crippen LogP contribution is 2.43. The molecule has 1 N–H and O–H groups in total. The number of nitrogens with one attached hydrogen (secondary N) is 1. The molecule has 0 unspecified atom stereocenters. The van der Waals surface area contributed by atoms with Crippen LogP contribution in [0.4, 0.5) is 5.82 Å². The van der Waals surface area contributed by atoms with Crippen LogP contribution in [-0.4, -0.2) is 41.2 Å². The minimum atomic E-state index is -3.30. The summed E-state index contributed by atoms with van der Waals surface area (Å²) in [5, 5.41) is 10.7. The van der Waals surface area contributed by atoms with Crippen molar-refractivity contribution in [3.8, 4) is 17.2 Å². The first-order chi connectivity index (χ1) is 14.5. The van der Waals surface area contributed by atoms with E-state index in [1.54, 1.807) is 31.3 Å². The molecule has 0 aliphatic carbocycles. The summed E-state index contributed by atoms with van der Waals surface area (Å²) in [5.74, 6) is 1.44. The molecule has 31 heavy (non-hydrogen) atoms. The van der Waals surface area contributed by atoms with Gasteiger partial charge in [0.05, 0.1) is 11.1 Å². The zero-order chi connectivity index (χ0) is 22.4. The number of fused-ring (bicyclic) bond motifs is 1. The van der Waals surface area contributed by atoms with Gasteiger partial charge in [-0.2, -0.15) is 9.90 Å². The van der Waals surface area contributed by atoms with Crippen molar-refractivity contribution in [2.75, 3.05) is 11.6 Å². The van der Waals surface area contributed by atoms with Crippen molar-refractivity contribution in [1.29, 1.82) is 0 Å². The number of anilines is 1. The molecule has 0 fully saturated rings. The molecule has 0 saturated heterocycles. The number of benzene rings is 2. The number of carbonyl (C=O) groups is 1. The van der Waals surface area contributed by atoms with Gasteiger partial charge in [0.15, 0.2) is 15.7 Å². The van der Waals surface area contributed by atoms with E-state index in [2.05, 4.69) is 15.5 Å². The standard InChI is InChI=1S/C21H22N4O5S/c1-21(2)11-16-17(29-14-5-7-15(8-6-14)31(4,27)28)9-13(10-18(16)30-21)20(26)23-19-12-22-25(3)24-19/h5-10,12H,11H2,1-4H3,(H,23,24,26). The highest BCUT2D eigenvalue weighted by Gasteiger charge is 2.34. The van der Waals surface area contributed by atoms with Gasteiger partial charge in [-0.25, -0.2) is 8.42 Å². The normalized spacial score (nSPS) is 14.6. The molecule has 1 aliphatic heterocycles. The van der Waals surface area contributed by atoms with Crippen molar-refractivity contribution in [3.63, 3.8) is 0 Å². The number of sulfone groups is 1. The molecule has 10 heteroatoms. The SMILES string of the molecule is Cn1ncc(NC(=O)c2cc(Oc3ccc(S(C)(=O)=O)cc3)c3c(c2)OC(C)(C)C3)n1. The molecule has 0 saturated carbocycles. The van der Waals surface area contributed by atoms with E-state index in [4.69, 9.17) is 9.47 Å². The van der Waals surface area contributed by atoms with Crippen LogP contribution in [0.2, 0.25) is 0 Å². The van der Waals surface area contributed by atoms with E-state index in [-0.39, 0.29) is 10.8 Å². The third-order valence-corrected chi connectivity index (χ3v) is 5.87. The van der Waals surface area contributed by atoms with Crippen molar-refractivity contribution in [2.45, 2.75) is 30.8 Å². The maximum atomic E-state index is 12.8. The topological polar surface area (TPSA) is 112 Å². The number of amides is 1. The highest BCUT2D eigenvalue weighted by atomic mass is 32.2. The van der Waals surface area contributed by atoms with Crippen LogP contribution in [0.25, 0.3) is 0 Å². The number of aryl methyl sites for hydroxylation is 1. The van der Waals surface area contributed by atoms with E-state index >= 15 is 0 Å². The molecule has 162 valence electrons. The number of hydrogen-bond acceptors (Lipinski definition) is 7. The van der Waals surface area contributed by atoms with Crippen molar-refractivity contribution in [3.05, 3.63) is 53.7 Å². The Balaban J connectivity index is 1.67. The van der Waals surface area contributed by atoms with Gasteiger partial charge in [-0.1, -0.05) is 0 Å². The minimum absolute atomic E-state index is 0.201. The largest absolute Gasteiger partial charge is 0.487 e. The Morgan fingerprint density at radius 2 is 1.94 bits per heavy atom. The lowest BCUT2D eigenvalue weighted by Crippen LogP contribution is -2.24. The van der Waals surface area contributed by atoms with Crippen LogP contribution >= 0.6 is 0 Å². The molecule has 4 rings (SSSR count). The van der Waals surface area contributed by atoms with Gasteiger partial charge in [0.1, 0.15) is 22.8 Å². The number of carbonyl (C=O) groups excluding carboxylic acids is 1. The molecule has 0 radical (unpaired) electrons. The molecule has 2 aromatic carbocycles. The average Bonchev–Trinajstić information content (AvgIpc) is 3.22. The van der Waals surface area contributed by atoms with E-state index in [1.807, 2.05) is 13.8 Å². The number of aromatic nitrogens is 3. The van der Waals surface area contributed by atoms with Gasteiger partial charge in [0, 0.05) is 30.9 Å². The van der Waals surface area contributed by atoms with E-state index in [9.17, 15) is 13.2 Å². The minimum Gasteiger partial charge on any atom is -0.487 e. The maximum Gasteiger partial charge on any atom is 0.257 e. The first-order valence-corrected chi connectivity index (χ1v) is 11.4. The van der Waals surface area contributed by atoms with Crippen molar-refractivity contribution in [2.24, 2.45) is 7.05 Å². The number of nitrogens with zero attached hydrogens (tertiary/aromatic N) is 3. The van der Waals surface area contributed by atoms with Crippen LogP contribution in [0.5, 0.6) is 17.2 Å². The third-order valence-electron chi connectivity index (χ3n) is 4.74. The second kappa shape index (κ2) is 7.38. The van der Waals surface area contributed by atoms with Gasteiger partial charge in [-0.05, 0) is 50.2 Å². The molecule has 9 nitrogen and oxygen atoms in total. The van der Waals surface area contributed by atoms with Crippen LogP contribution < -0.4 is 14.8 Å². The highest BCUT2D eigenvalue weighted by molar-refractivity contribution is 7.90. The smallest absolute Gasteiger partial charge is 0.257 e. The summed E-state index contributed by atoms with van der Waals surface area (Å²) in [6, 6.07) is 9.44. The molecule has 0 bridgehead atoms. The van der Waals surface area contributed by atoms with Crippen LogP contribution in [0.15, 0.2) is 47.5 Å². The van der Waals surface area contributed by atoms with E-state index < -0.39 is 15.4 Å². The lowest BCUT2D eigenvalue weighted by atomic mass is 9.99. The van der Waals surface area contributed by atoms with Gasteiger partial charge in [-0.3, -0.25) is 4.79 Å². The Bertz CT molecular complexity index is 1260. The Morgan fingerprint density at radius 1 is 1.23 bits per heavy atom. The number of rotatable bonds is 5.